The van der Waals surface area contributed by atoms with Gasteiger partial charge in [-0.2, -0.15) is 0 Å². The number of carbonyl (C=O) groups excluding carboxylic acids is 2. The molecule has 0 radical (unpaired) electrons. The standard InChI is InChI=1S/C32H32ClN3O4S/c1-24-17-19-28(20-18-24)41(39,40)36(27-14-7-4-8-15-27)23-31(37)35(22-26-13-9-10-16-29(26)33)30(32(38)34-2)21-25-11-5-3-6-12-25/h3-20,30H,21-23H2,1-2H3,(H,34,38)/t30-/m0/s1. The van der Waals surface area contributed by atoms with Crippen molar-refractivity contribution < 1.29 is 18.0 Å². The first kappa shape index (κ1) is 29.8. The highest BCUT2D eigenvalue weighted by Crippen LogP contribution is 2.26. The molecule has 41 heavy (non-hydrogen) atoms. The summed E-state index contributed by atoms with van der Waals surface area (Å²) < 4.78 is 28.9. The molecule has 0 aliphatic heterocycles. The molecule has 0 aliphatic rings. The minimum absolute atomic E-state index is 0.0106. The number of benzene rings is 4. The number of likely N-dealkylation sites (N-methyl/N-ethyl adjacent to an activating group) is 1. The molecule has 4 aromatic rings. The summed E-state index contributed by atoms with van der Waals surface area (Å²) in [5.74, 6) is -0.920. The highest BCUT2D eigenvalue weighted by Gasteiger charge is 2.34. The first-order valence-electron chi connectivity index (χ1n) is 13.1. The predicted molar refractivity (Wildman–Crippen MR) is 162 cm³/mol. The number of sulfonamides is 1. The van der Waals surface area contributed by atoms with Gasteiger partial charge in [-0.15, -0.1) is 0 Å². The number of hydrogen-bond donors (Lipinski definition) is 1. The number of hydrogen-bond acceptors (Lipinski definition) is 4. The van der Waals surface area contributed by atoms with E-state index in [0.29, 0.717) is 16.3 Å². The van der Waals surface area contributed by atoms with E-state index in [-0.39, 0.29) is 23.8 Å². The van der Waals surface area contributed by atoms with Crippen LogP contribution in [0.2, 0.25) is 5.02 Å². The summed E-state index contributed by atoms with van der Waals surface area (Å²) in [6.45, 7) is 1.36. The molecule has 0 aliphatic carbocycles. The molecule has 0 aromatic heterocycles. The minimum atomic E-state index is -4.13. The Balaban J connectivity index is 1.78. The van der Waals surface area contributed by atoms with Crippen molar-refractivity contribution in [2.75, 3.05) is 17.9 Å². The highest BCUT2D eigenvalue weighted by atomic mass is 35.5. The van der Waals surface area contributed by atoms with Gasteiger partial charge in [0.1, 0.15) is 12.6 Å². The number of rotatable bonds is 11. The van der Waals surface area contributed by atoms with Crippen molar-refractivity contribution in [3.63, 3.8) is 0 Å². The molecular weight excluding hydrogens is 558 g/mol. The lowest BCUT2D eigenvalue weighted by Crippen LogP contribution is -2.53. The fraction of sp³-hybridized carbons (Fsp3) is 0.188. The van der Waals surface area contributed by atoms with E-state index in [1.54, 1.807) is 66.7 Å². The van der Waals surface area contributed by atoms with Crippen molar-refractivity contribution in [2.45, 2.75) is 30.8 Å². The number of nitrogens with zero attached hydrogens (tertiary/aromatic N) is 2. The molecule has 2 amide bonds. The first-order valence-corrected chi connectivity index (χ1v) is 15.0. The fourth-order valence-corrected chi connectivity index (χ4v) is 6.10. The van der Waals surface area contributed by atoms with Crippen molar-refractivity contribution >= 4 is 39.1 Å². The Kier molecular flexibility index (Phi) is 9.81. The zero-order valence-electron chi connectivity index (χ0n) is 22.9. The average molecular weight is 590 g/mol. The average Bonchev–Trinajstić information content (AvgIpc) is 2.99. The summed E-state index contributed by atoms with van der Waals surface area (Å²) in [6.07, 6.45) is 0.229. The summed E-state index contributed by atoms with van der Waals surface area (Å²) in [7, 11) is -2.62. The van der Waals surface area contributed by atoms with Crippen LogP contribution in [0.4, 0.5) is 5.69 Å². The van der Waals surface area contributed by atoms with Crippen LogP contribution < -0.4 is 9.62 Å². The molecule has 0 saturated heterocycles. The molecule has 9 heteroatoms. The van der Waals surface area contributed by atoms with Crippen LogP contribution in [0.15, 0.2) is 114 Å². The Morgan fingerprint density at radius 3 is 2.02 bits per heavy atom. The molecule has 7 nitrogen and oxygen atoms in total. The van der Waals surface area contributed by atoms with E-state index in [9.17, 15) is 18.0 Å². The Morgan fingerprint density at radius 1 is 0.829 bits per heavy atom. The van der Waals surface area contributed by atoms with Gasteiger partial charge in [-0.25, -0.2) is 8.42 Å². The third kappa shape index (κ3) is 7.34. The lowest BCUT2D eigenvalue weighted by Gasteiger charge is -2.33. The maximum Gasteiger partial charge on any atom is 0.264 e. The van der Waals surface area contributed by atoms with Gasteiger partial charge in [-0.3, -0.25) is 13.9 Å². The molecular formula is C32H32ClN3O4S. The van der Waals surface area contributed by atoms with Crippen LogP contribution in [0.5, 0.6) is 0 Å². The normalized spacial score (nSPS) is 11.9. The van der Waals surface area contributed by atoms with E-state index in [2.05, 4.69) is 5.32 Å². The summed E-state index contributed by atoms with van der Waals surface area (Å²) in [4.78, 5) is 29.0. The van der Waals surface area contributed by atoms with Gasteiger partial charge in [-0.05, 0) is 48.4 Å². The van der Waals surface area contributed by atoms with Crippen LogP contribution in [0, 0.1) is 6.92 Å². The molecule has 0 saturated carbocycles. The van der Waals surface area contributed by atoms with Gasteiger partial charge >= 0.3 is 0 Å². The highest BCUT2D eigenvalue weighted by molar-refractivity contribution is 7.92. The second-order valence-corrected chi connectivity index (χ2v) is 11.9. The van der Waals surface area contributed by atoms with Crippen LogP contribution in [0.3, 0.4) is 0 Å². The molecule has 1 N–H and O–H groups in total. The van der Waals surface area contributed by atoms with Crippen LogP contribution in [0.1, 0.15) is 16.7 Å². The summed E-state index contributed by atoms with van der Waals surface area (Å²) in [6, 6.07) is 30.4. The Labute approximate surface area is 246 Å². The predicted octanol–water partition coefficient (Wildman–Crippen LogP) is 5.23. The number of para-hydroxylation sites is 1. The molecule has 0 heterocycles. The molecule has 0 unspecified atom stereocenters. The van der Waals surface area contributed by atoms with Gasteiger partial charge in [0.25, 0.3) is 10.0 Å². The second kappa shape index (κ2) is 13.5. The van der Waals surface area contributed by atoms with Crippen molar-refractivity contribution in [1.82, 2.24) is 10.2 Å². The molecule has 212 valence electrons. The third-order valence-corrected chi connectivity index (χ3v) is 8.90. The van der Waals surface area contributed by atoms with Gasteiger partial charge in [0, 0.05) is 25.0 Å². The van der Waals surface area contributed by atoms with Gasteiger partial charge < -0.3 is 10.2 Å². The third-order valence-electron chi connectivity index (χ3n) is 6.75. The van der Waals surface area contributed by atoms with E-state index in [0.717, 1.165) is 15.4 Å². The Hall–Kier alpha value is -4.14. The number of aryl methyl sites for hydroxylation is 1. The molecule has 1 atom stereocenters. The quantitative estimate of drug-likeness (QED) is 0.260. The largest absolute Gasteiger partial charge is 0.357 e. The number of halogens is 1. The molecule has 0 bridgehead atoms. The first-order chi connectivity index (χ1) is 19.7. The van der Waals surface area contributed by atoms with Crippen molar-refractivity contribution in [1.29, 1.82) is 0 Å². The zero-order chi connectivity index (χ0) is 29.4. The van der Waals surface area contributed by atoms with Gasteiger partial charge in [-0.1, -0.05) is 96.0 Å². The molecule has 0 spiro atoms. The smallest absolute Gasteiger partial charge is 0.264 e. The SMILES string of the molecule is CNC(=O)[C@H](Cc1ccccc1)N(Cc1ccccc1Cl)C(=O)CN(c1ccccc1)S(=O)(=O)c1ccc(C)cc1. The maximum absolute atomic E-state index is 14.2. The van der Waals surface area contributed by atoms with Crippen molar-refractivity contribution in [3.8, 4) is 0 Å². The Bertz CT molecular complexity index is 1580. The number of nitrogens with one attached hydrogen (secondary N) is 1. The van der Waals surface area contributed by atoms with E-state index < -0.39 is 28.5 Å². The van der Waals surface area contributed by atoms with Crippen molar-refractivity contribution in [3.05, 3.63) is 131 Å². The summed E-state index contributed by atoms with van der Waals surface area (Å²) in [5, 5.41) is 3.11. The van der Waals surface area contributed by atoms with Crippen LogP contribution >= 0.6 is 11.6 Å². The summed E-state index contributed by atoms with van der Waals surface area (Å²) >= 11 is 6.47. The van der Waals surface area contributed by atoms with Crippen LogP contribution in [-0.4, -0.2) is 44.8 Å². The van der Waals surface area contributed by atoms with E-state index in [1.165, 1.54) is 24.1 Å². The van der Waals surface area contributed by atoms with Gasteiger partial charge in [0.2, 0.25) is 11.8 Å². The monoisotopic (exact) mass is 589 g/mol. The number of carbonyl (C=O) groups is 2. The lowest BCUT2D eigenvalue weighted by atomic mass is 10.0. The van der Waals surface area contributed by atoms with Crippen molar-refractivity contribution in [2.24, 2.45) is 0 Å². The Morgan fingerprint density at radius 2 is 1.41 bits per heavy atom. The lowest BCUT2D eigenvalue weighted by molar-refractivity contribution is -0.139. The minimum Gasteiger partial charge on any atom is -0.357 e. The van der Waals surface area contributed by atoms with Crippen LogP contribution in [0.25, 0.3) is 0 Å². The fourth-order valence-electron chi connectivity index (χ4n) is 4.49. The topological polar surface area (TPSA) is 86.8 Å². The second-order valence-electron chi connectivity index (χ2n) is 9.59. The van der Waals surface area contributed by atoms with E-state index in [4.69, 9.17) is 11.6 Å². The molecule has 4 aromatic carbocycles. The maximum atomic E-state index is 14.2. The zero-order valence-corrected chi connectivity index (χ0v) is 24.5. The van der Waals surface area contributed by atoms with E-state index >= 15 is 0 Å². The van der Waals surface area contributed by atoms with E-state index in [1.807, 2.05) is 37.3 Å². The van der Waals surface area contributed by atoms with Crippen LogP contribution in [-0.2, 0) is 32.6 Å². The summed E-state index contributed by atoms with van der Waals surface area (Å²) in [5.41, 5.74) is 2.73. The number of anilines is 1. The van der Waals surface area contributed by atoms with Gasteiger partial charge in [0.15, 0.2) is 0 Å². The molecule has 0 fully saturated rings. The van der Waals surface area contributed by atoms with Gasteiger partial charge in [0.05, 0.1) is 10.6 Å². The molecule has 4 rings (SSSR count). The number of amides is 2.